The second-order valence-corrected chi connectivity index (χ2v) is 12.7. The summed E-state index contributed by atoms with van der Waals surface area (Å²) in [6, 6.07) is 58.3. The van der Waals surface area contributed by atoms with Gasteiger partial charge in [0, 0.05) is 27.6 Å². The molecule has 5 nitrogen and oxygen atoms in total. The summed E-state index contributed by atoms with van der Waals surface area (Å²) in [7, 11) is 0. The molecule has 51 heavy (non-hydrogen) atoms. The molecular weight excluding hydrogens is 625 g/mol. The third-order valence-corrected chi connectivity index (χ3v) is 9.52. The van der Waals surface area contributed by atoms with Crippen LogP contribution in [0.5, 0.6) is 0 Å². The first kappa shape index (κ1) is 29.0. The van der Waals surface area contributed by atoms with Gasteiger partial charge in [0.1, 0.15) is 5.52 Å². The van der Waals surface area contributed by atoms with Gasteiger partial charge in [0.25, 0.3) is 0 Å². The van der Waals surface area contributed by atoms with Gasteiger partial charge in [-0.1, -0.05) is 140 Å². The molecule has 5 heteroatoms. The van der Waals surface area contributed by atoms with Crippen LogP contribution in [0.4, 0.5) is 0 Å². The fraction of sp³-hybridized carbons (Fsp3) is 0. The second kappa shape index (κ2) is 11.9. The van der Waals surface area contributed by atoms with Crippen LogP contribution in [0, 0.1) is 0 Å². The maximum absolute atomic E-state index is 6.53. The molecule has 0 N–H and O–H groups in total. The van der Waals surface area contributed by atoms with Crippen molar-refractivity contribution in [2.24, 2.45) is 0 Å². The Bertz CT molecular complexity index is 2930. The predicted octanol–water partition coefficient (Wildman–Crippen LogP) is 11.8. The first-order valence-electron chi connectivity index (χ1n) is 17.0. The quantitative estimate of drug-likeness (QED) is 0.185. The lowest BCUT2D eigenvalue weighted by atomic mass is 9.97. The standard InChI is InChI=1S/C46H28N4O/c1-2-13-32(14-3-1)46-47-40-26-25-31-17-10-22-39(41(31)42(40)51-46)45-49-43(48-44(50-45)36-24-23-29-11-4-5-15-33(29)27-36)35-19-8-18-34(28-35)38-21-9-16-30-12-6-7-20-37(30)38/h1-28H. The fourth-order valence-electron chi connectivity index (χ4n) is 7.03. The summed E-state index contributed by atoms with van der Waals surface area (Å²) in [4.78, 5) is 20.4. The van der Waals surface area contributed by atoms with E-state index in [-0.39, 0.29) is 0 Å². The first-order valence-corrected chi connectivity index (χ1v) is 17.0. The Balaban J connectivity index is 1.20. The van der Waals surface area contributed by atoms with Gasteiger partial charge in [0.2, 0.25) is 5.89 Å². The molecule has 0 fully saturated rings. The van der Waals surface area contributed by atoms with Crippen molar-refractivity contribution >= 4 is 43.4 Å². The monoisotopic (exact) mass is 652 g/mol. The zero-order valence-corrected chi connectivity index (χ0v) is 27.4. The van der Waals surface area contributed by atoms with Crippen LogP contribution in [0.2, 0.25) is 0 Å². The van der Waals surface area contributed by atoms with Crippen LogP contribution >= 0.6 is 0 Å². The minimum Gasteiger partial charge on any atom is -0.435 e. The van der Waals surface area contributed by atoms with Crippen LogP contribution in [-0.2, 0) is 0 Å². The molecule has 0 saturated heterocycles. The highest BCUT2D eigenvalue weighted by Crippen LogP contribution is 2.37. The normalized spacial score (nSPS) is 11.5. The molecule has 0 aliphatic heterocycles. The molecule has 0 spiro atoms. The molecule has 0 atom stereocenters. The summed E-state index contributed by atoms with van der Waals surface area (Å²) in [5.74, 6) is 2.33. The summed E-state index contributed by atoms with van der Waals surface area (Å²) in [5, 5.41) is 6.62. The van der Waals surface area contributed by atoms with Crippen molar-refractivity contribution in [2.75, 3.05) is 0 Å². The SMILES string of the molecule is c1ccc(-c2nc3ccc4cccc(-c5nc(-c6cccc(-c7cccc8ccccc78)c6)nc(-c6ccc7ccccc7c6)n5)c4c3o2)cc1. The summed E-state index contributed by atoms with van der Waals surface area (Å²) in [6.45, 7) is 0. The maximum Gasteiger partial charge on any atom is 0.227 e. The Morgan fingerprint density at radius 3 is 1.82 bits per heavy atom. The van der Waals surface area contributed by atoms with Gasteiger partial charge in [-0.2, -0.15) is 0 Å². The van der Waals surface area contributed by atoms with Gasteiger partial charge in [-0.3, -0.25) is 0 Å². The van der Waals surface area contributed by atoms with E-state index in [1.807, 2.05) is 42.5 Å². The van der Waals surface area contributed by atoms with Crippen LogP contribution in [0.3, 0.4) is 0 Å². The van der Waals surface area contributed by atoms with E-state index in [2.05, 4.69) is 127 Å². The van der Waals surface area contributed by atoms with Crippen LogP contribution in [0.25, 0.3) is 100 Å². The lowest BCUT2D eigenvalue weighted by molar-refractivity contribution is 0.623. The third kappa shape index (κ3) is 5.11. The molecule has 0 bridgehead atoms. The Hall–Kier alpha value is -6.98. The van der Waals surface area contributed by atoms with E-state index in [9.17, 15) is 0 Å². The molecule has 238 valence electrons. The Kier molecular flexibility index (Phi) is 6.74. The second-order valence-electron chi connectivity index (χ2n) is 12.7. The number of nitrogens with zero attached hydrogens (tertiary/aromatic N) is 4. The van der Waals surface area contributed by atoms with Crippen molar-refractivity contribution in [2.45, 2.75) is 0 Å². The van der Waals surface area contributed by atoms with Crippen molar-refractivity contribution in [3.05, 3.63) is 170 Å². The number of benzene rings is 8. The fourth-order valence-corrected chi connectivity index (χ4v) is 7.03. The van der Waals surface area contributed by atoms with Crippen molar-refractivity contribution in [3.8, 4) is 56.7 Å². The Morgan fingerprint density at radius 1 is 0.353 bits per heavy atom. The van der Waals surface area contributed by atoms with Gasteiger partial charge in [0.05, 0.1) is 0 Å². The van der Waals surface area contributed by atoms with Gasteiger partial charge < -0.3 is 4.42 Å². The van der Waals surface area contributed by atoms with E-state index < -0.39 is 0 Å². The molecule has 10 rings (SSSR count). The van der Waals surface area contributed by atoms with Crippen LogP contribution in [0.1, 0.15) is 0 Å². The minimum atomic E-state index is 0.564. The van der Waals surface area contributed by atoms with Gasteiger partial charge in [-0.25, -0.2) is 19.9 Å². The Labute approximate surface area is 293 Å². The van der Waals surface area contributed by atoms with E-state index in [1.165, 1.54) is 10.8 Å². The molecule has 0 amide bonds. The maximum atomic E-state index is 6.53. The summed E-state index contributed by atoms with van der Waals surface area (Å²) in [6.07, 6.45) is 0. The summed E-state index contributed by atoms with van der Waals surface area (Å²) >= 11 is 0. The van der Waals surface area contributed by atoms with Crippen molar-refractivity contribution in [1.82, 2.24) is 19.9 Å². The van der Waals surface area contributed by atoms with Crippen LogP contribution < -0.4 is 0 Å². The molecule has 10 aromatic rings. The summed E-state index contributed by atoms with van der Waals surface area (Å²) < 4.78 is 6.53. The molecule has 8 aromatic carbocycles. The predicted molar refractivity (Wildman–Crippen MR) is 207 cm³/mol. The van der Waals surface area contributed by atoms with Crippen molar-refractivity contribution < 1.29 is 4.42 Å². The van der Waals surface area contributed by atoms with Gasteiger partial charge in [-0.05, 0) is 68.4 Å². The molecular formula is C46H28N4O. The van der Waals surface area contributed by atoms with E-state index in [4.69, 9.17) is 24.4 Å². The van der Waals surface area contributed by atoms with Crippen molar-refractivity contribution in [1.29, 1.82) is 0 Å². The average Bonchev–Trinajstić information content (AvgIpc) is 3.66. The average molecular weight is 653 g/mol. The minimum absolute atomic E-state index is 0.564. The number of oxazole rings is 1. The van der Waals surface area contributed by atoms with Gasteiger partial charge in [-0.15, -0.1) is 0 Å². The molecule has 0 aliphatic rings. The molecule has 0 radical (unpaired) electrons. The number of hydrogen-bond donors (Lipinski definition) is 0. The number of aromatic nitrogens is 4. The lowest BCUT2D eigenvalue weighted by Gasteiger charge is -2.12. The number of hydrogen-bond acceptors (Lipinski definition) is 5. The van der Waals surface area contributed by atoms with Gasteiger partial charge in [0.15, 0.2) is 23.1 Å². The molecule has 2 aromatic heterocycles. The lowest BCUT2D eigenvalue weighted by Crippen LogP contribution is -2.01. The van der Waals surface area contributed by atoms with E-state index >= 15 is 0 Å². The van der Waals surface area contributed by atoms with Crippen LogP contribution in [-0.4, -0.2) is 19.9 Å². The smallest absolute Gasteiger partial charge is 0.227 e. The topological polar surface area (TPSA) is 64.7 Å². The summed E-state index contributed by atoms with van der Waals surface area (Å²) in [5.41, 5.74) is 7.34. The third-order valence-electron chi connectivity index (χ3n) is 9.52. The van der Waals surface area contributed by atoms with E-state index in [0.717, 1.165) is 60.4 Å². The molecule has 2 heterocycles. The number of rotatable bonds is 5. The van der Waals surface area contributed by atoms with Gasteiger partial charge >= 0.3 is 0 Å². The van der Waals surface area contributed by atoms with Crippen LogP contribution in [0.15, 0.2) is 174 Å². The zero-order chi connectivity index (χ0) is 33.7. The van der Waals surface area contributed by atoms with E-state index in [1.54, 1.807) is 0 Å². The van der Waals surface area contributed by atoms with E-state index in [0.29, 0.717) is 28.9 Å². The molecule has 0 aliphatic carbocycles. The molecule has 0 unspecified atom stereocenters. The van der Waals surface area contributed by atoms with Crippen molar-refractivity contribution in [3.63, 3.8) is 0 Å². The largest absolute Gasteiger partial charge is 0.435 e. The highest BCUT2D eigenvalue weighted by atomic mass is 16.3. The molecule has 0 saturated carbocycles. The highest BCUT2D eigenvalue weighted by Gasteiger charge is 2.19. The first-order chi connectivity index (χ1) is 25.2. The Morgan fingerprint density at radius 2 is 0.961 bits per heavy atom. The highest BCUT2D eigenvalue weighted by molar-refractivity contribution is 6.10. The number of fused-ring (bicyclic) bond motifs is 5. The zero-order valence-electron chi connectivity index (χ0n) is 27.4.